The monoisotopic (exact) mass is 526 g/mol. The molecule has 1 aromatic carbocycles. The zero-order chi connectivity index (χ0) is 16.8. The second kappa shape index (κ2) is 10.2. The molecule has 2 N–H and O–H groups in total. The smallest absolute Gasteiger partial charge is 0.214 e. The first-order valence-corrected chi connectivity index (χ1v) is 8.48. The molecule has 0 bridgehead atoms. The number of benzene rings is 1. The highest BCUT2D eigenvalue weighted by Gasteiger charge is 2.07. The van der Waals surface area contributed by atoms with Crippen LogP contribution in [0.5, 0.6) is 0 Å². The number of rotatable bonds is 5. The molecule has 132 valence electrons. The molecule has 0 atom stereocenters. The fraction of sp³-hybridized carbons (Fsp3) is 0.375. The van der Waals surface area contributed by atoms with Crippen LogP contribution >= 0.6 is 51.5 Å². The highest BCUT2D eigenvalue weighted by molar-refractivity contribution is 14.0. The molecule has 24 heavy (non-hydrogen) atoms. The van der Waals surface area contributed by atoms with Crippen molar-refractivity contribution in [2.24, 2.45) is 4.99 Å². The van der Waals surface area contributed by atoms with E-state index in [1.807, 2.05) is 32.0 Å². The molecule has 0 unspecified atom stereocenters. The van der Waals surface area contributed by atoms with E-state index >= 15 is 0 Å². The molecule has 0 aliphatic rings. The zero-order valence-electron chi connectivity index (χ0n) is 13.8. The van der Waals surface area contributed by atoms with Crippen molar-refractivity contribution in [2.45, 2.75) is 26.8 Å². The number of aryl methyl sites for hydroxylation is 2. The van der Waals surface area contributed by atoms with Gasteiger partial charge in [-0.25, -0.2) is 4.98 Å². The minimum atomic E-state index is 0. The Hall–Kier alpha value is -0.800. The van der Waals surface area contributed by atoms with E-state index in [-0.39, 0.29) is 24.0 Å². The fourth-order valence-corrected chi connectivity index (χ4v) is 2.68. The fourth-order valence-electron chi connectivity index (χ4n) is 2.05. The van der Waals surface area contributed by atoms with Crippen molar-refractivity contribution in [2.75, 3.05) is 13.6 Å². The van der Waals surface area contributed by atoms with Gasteiger partial charge in [-0.3, -0.25) is 4.99 Å². The predicted octanol–water partition coefficient (Wildman–Crippen LogP) is 4.23. The van der Waals surface area contributed by atoms with E-state index in [4.69, 9.17) is 16.0 Å². The lowest BCUT2D eigenvalue weighted by Gasteiger charge is -2.11. The van der Waals surface area contributed by atoms with Crippen molar-refractivity contribution in [3.63, 3.8) is 0 Å². The molecule has 0 spiro atoms. The number of nitrogens with zero attached hydrogens (tertiary/aromatic N) is 2. The molecule has 0 saturated carbocycles. The Morgan fingerprint density at radius 1 is 1.33 bits per heavy atom. The maximum Gasteiger partial charge on any atom is 0.214 e. The normalized spacial score (nSPS) is 11.1. The summed E-state index contributed by atoms with van der Waals surface area (Å²) < 4.78 is 6.59. The Bertz CT molecular complexity index is 686. The molecule has 1 heterocycles. The van der Waals surface area contributed by atoms with Crippen LogP contribution in [-0.4, -0.2) is 24.5 Å². The van der Waals surface area contributed by atoms with Gasteiger partial charge in [-0.05, 0) is 44.0 Å². The van der Waals surface area contributed by atoms with Crippen molar-refractivity contribution in [1.82, 2.24) is 15.6 Å². The summed E-state index contributed by atoms with van der Waals surface area (Å²) in [4.78, 5) is 8.52. The van der Waals surface area contributed by atoms with E-state index in [9.17, 15) is 0 Å². The van der Waals surface area contributed by atoms with Crippen LogP contribution in [0.3, 0.4) is 0 Å². The van der Waals surface area contributed by atoms with Crippen LogP contribution in [0.2, 0.25) is 5.02 Å². The lowest BCUT2D eigenvalue weighted by molar-refractivity contribution is 0.464. The maximum atomic E-state index is 6.02. The summed E-state index contributed by atoms with van der Waals surface area (Å²) in [5, 5.41) is 7.18. The van der Waals surface area contributed by atoms with E-state index < -0.39 is 0 Å². The number of oxazole rings is 1. The highest BCUT2D eigenvalue weighted by atomic mass is 127. The standard InChI is InChI=1S/C16H20BrClN4O.HI/c1-10-11(2)23-15(22-10)9-21-16(19-3)20-7-6-12-8-13(18)4-5-14(12)17;/h4-5,8H,6-7,9H2,1-3H3,(H2,19,20,21);1H. The first-order chi connectivity index (χ1) is 11.0. The summed E-state index contributed by atoms with van der Waals surface area (Å²) in [6.07, 6.45) is 0.832. The van der Waals surface area contributed by atoms with Gasteiger partial charge in [0.1, 0.15) is 5.76 Å². The van der Waals surface area contributed by atoms with Crippen LogP contribution in [-0.2, 0) is 13.0 Å². The van der Waals surface area contributed by atoms with Gasteiger partial charge in [0, 0.05) is 23.1 Å². The molecule has 0 aliphatic carbocycles. The summed E-state index contributed by atoms with van der Waals surface area (Å²) in [5.41, 5.74) is 2.06. The number of nitrogens with one attached hydrogen (secondary N) is 2. The summed E-state index contributed by atoms with van der Waals surface area (Å²) >= 11 is 9.56. The average Bonchev–Trinajstić information content (AvgIpc) is 2.84. The van der Waals surface area contributed by atoms with Crippen LogP contribution in [0, 0.1) is 13.8 Å². The van der Waals surface area contributed by atoms with Crippen molar-refractivity contribution < 1.29 is 4.42 Å². The molecule has 2 rings (SSSR count). The Kier molecular flexibility index (Phi) is 9.07. The van der Waals surface area contributed by atoms with E-state index in [2.05, 4.69) is 36.5 Å². The third-order valence-electron chi connectivity index (χ3n) is 3.40. The van der Waals surface area contributed by atoms with Crippen molar-refractivity contribution >= 4 is 57.5 Å². The summed E-state index contributed by atoms with van der Waals surface area (Å²) in [6.45, 7) is 5.07. The van der Waals surface area contributed by atoms with Crippen LogP contribution in [0.25, 0.3) is 0 Å². The van der Waals surface area contributed by atoms with Crippen LogP contribution < -0.4 is 10.6 Å². The van der Waals surface area contributed by atoms with E-state index in [1.165, 1.54) is 0 Å². The van der Waals surface area contributed by atoms with Gasteiger partial charge in [-0.2, -0.15) is 0 Å². The van der Waals surface area contributed by atoms with Crippen molar-refractivity contribution in [3.8, 4) is 0 Å². The van der Waals surface area contributed by atoms with E-state index in [1.54, 1.807) is 7.05 Å². The summed E-state index contributed by atoms with van der Waals surface area (Å²) in [6, 6.07) is 5.78. The maximum absolute atomic E-state index is 6.02. The molecule has 8 heteroatoms. The van der Waals surface area contributed by atoms with Gasteiger partial charge in [-0.15, -0.1) is 24.0 Å². The van der Waals surface area contributed by atoms with Crippen LogP contribution in [0.15, 0.2) is 32.1 Å². The van der Waals surface area contributed by atoms with Crippen LogP contribution in [0.4, 0.5) is 0 Å². The van der Waals surface area contributed by atoms with Gasteiger partial charge in [0.05, 0.1) is 12.2 Å². The lowest BCUT2D eigenvalue weighted by atomic mass is 10.1. The number of aromatic nitrogens is 1. The lowest BCUT2D eigenvalue weighted by Crippen LogP contribution is -2.37. The molecular formula is C16H21BrClIN4O. The topological polar surface area (TPSA) is 62.5 Å². The van der Waals surface area contributed by atoms with Crippen molar-refractivity contribution in [1.29, 1.82) is 0 Å². The number of aliphatic imine (C=N–C) groups is 1. The number of hydrogen-bond acceptors (Lipinski definition) is 3. The first kappa shape index (κ1) is 21.2. The largest absolute Gasteiger partial charge is 0.444 e. The van der Waals surface area contributed by atoms with Gasteiger partial charge < -0.3 is 15.1 Å². The van der Waals surface area contributed by atoms with Gasteiger partial charge in [0.15, 0.2) is 5.96 Å². The number of hydrogen-bond donors (Lipinski definition) is 2. The van der Waals surface area contributed by atoms with Gasteiger partial charge in [0.2, 0.25) is 5.89 Å². The second-order valence-electron chi connectivity index (χ2n) is 5.09. The Morgan fingerprint density at radius 3 is 2.71 bits per heavy atom. The molecule has 1 aromatic heterocycles. The van der Waals surface area contributed by atoms with E-state index in [0.29, 0.717) is 18.4 Å². The third-order valence-corrected chi connectivity index (χ3v) is 4.41. The second-order valence-corrected chi connectivity index (χ2v) is 6.38. The predicted molar refractivity (Wildman–Crippen MR) is 112 cm³/mol. The van der Waals surface area contributed by atoms with Crippen LogP contribution in [0.1, 0.15) is 22.9 Å². The van der Waals surface area contributed by atoms with Gasteiger partial charge >= 0.3 is 0 Å². The summed E-state index contributed by atoms with van der Waals surface area (Å²) in [7, 11) is 1.73. The quantitative estimate of drug-likeness (QED) is 0.347. The number of guanidine groups is 1. The first-order valence-electron chi connectivity index (χ1n) is 7.31. The number of halogens is 3. The molecule has 0 aliphatic heterocycles. The highest BCUT2D eigenvalue weighted by Crippen LogP contribution is 2.21. The van der Waals surface area contributed by atoms with Gasteiger partial charge in [-0.1, -0.05) is 27.5 Å². The molecule has 0 fully saturated rings. The Labute approximate surface area is 172 Å². The Balaban J connectivity index is 0.00000288. The molecule has 5 nitrogen and oxygen atoms in total. The molecular weight excluding hydrogens is 506 g/mol. The molecule has 0 saturated heterocycles. The molecule has 2 aromatic rings. The van der Waals surface area contributed by atoms with E-state index in [0.717, 1.165) is 39.5 Å². The van der Waals surface area contributed by atoms with Gasteiger partial charge in [0.25, 0.3) is 0 Å². The minimum Gasteiger partial charge on any atom is -0.444 e. The average molecular weight is 528 g/mol. The third kappa shape index (κ3) is 6.25. The van der Waals surface area contributed by atoms with Crippen molar-refractivity contribution in [3.05, 3.63) is 50.6 Å². The zero-order valence-corrected chi connectivity index (χ0v) is 18.5. The molecule has 0 radical (unpaired) electrons. The Morgan fingerprint density at radius 2 is 2.08 bits per heavy atom. The molecule has 0 amide bonds. The summed E-state index contributed by atoms with van der Waals surface area (Å²) in [5.74, 6) is 2.20. The minimum absolute atomic E-state index is 0. The SMILES string of the molecule is CN=C(NCCc1cc(Cl)ccc1Br)NCc1nc(C)c(C)o1.I.